The molecule has 3 rings (SSSR count). The number of ether oxygens (including phenoxy) is 1. The van der Waals surface area contributed by atoms with Crippen LogP contribution in [0.15, 0.2) is 35.9 Å². The summed E-state index contributed by atoms with van der Waals surface area (Å²) in [6.07, 6.45) is -1.77. The standard InChI is InChI=1S/C26H38ClF3N2O2.2H2O/c1-18(2)23(31-17-34-22-7-5-6-20(14-22)26(28,29)30)15-32-13-12-25(33,24(3,4)16-32)19-8-10-21(27)11-9-19;;/h8-11,14,18,22-23,31,33H,5-7,12-13,15-17H2,1-4H3;2*1H2/t22?,23-,25?;;/m0../s1. The monoisotopic (exact) mass is 538 g/mol. The summed E-state index contributed by atoms with van der Waals surface area (Å²) in [6.45, 7) is 10.9. The second-order valence-electron chi connectivity index (χ2n) is 10.7. The van der Waals surface area contributed by atoms with Crippen LogP contribution >= 0.6 is 11.6 Å². The molecule has 208 valence electrons. The van der Waals surface area contributed by atoms with E-state index in [1.54, 1.807) is 0 Å². The largest absolute Gasteiger partial charge is 0.412 e. The molecule has 2 unspecified atom stereocenters. The fraction of sp³-hybridized carbons (Fsp3) is 0.692. The molecule has 1 aromatic carbocycles. The van der Waals surface area contributed by atoms with Gasteiger partial charge in [0.15, 0.2) is 0 Å². The predicted molar refractivity (Wildman–Crippen MR) is 137 cm³/mol. The molecule has 1 aliphatic carbocycles. The maximum atomic E-state index is 13.0. The van der Waals surface area contributed by atoms with Crippen LogP contribution in [0.5, 0.6) is 0 Å². The van der Waals surface area contributed by atoms with E-state index in [9.17, 15) is 18.3 Å². The van der Waals surface area contributed by atoms with E-state index >= 15 is 0 Å². The third kappa shape index (κ3) is 7.90. The van der Waals surface area contributed by atoms with Gasteiger partial charge in [-0.15, -0.1) is 0 Å². The summed E-state index contributed by atoms with van der Waals surface area (Å²) in [4.78, 5) is 2.35. The van der Waals surface area contributed by atoms with Gasteiger partial charge in [0.2, 0.25) is 0 Å². The van der Waals surface area contributed by atoms with E-state index in [-0.39, 0.29) is 35.6 Å². The van der Waals surface area contributed by atoms with E-state index in [1.165, 1.54) is 6.08 Å². The number of piperidine rings is 1. The highest BCUT2D eigenvalue weighted by Gasteiger charge is 2.48. The zero-order chi connectivity index (χ0) is 25.1. The molecule has 36 heavy (non-hydrogen) atoms. The highest BCUT2D eigenvalue weighted by molar-refractivity contribution is 6.30. The van der Waals surface area contributed by atoms with Crippen LogP contribution in [0.2, 0.25) is 5.02 Å². The van der Waals surface area contributed by atoms with Gasteiger partial charge < -0.3 is 25.7 Å². The van der Waals surface area contributed by atoms with E-state index in [0.29, 0.717) is 30.2 Å². The van der Waals surface area contributed by atoms with Gasteiger partial charge in [0, 0.05) is 41.7 Å². The Bertz CT molecular complexity index is 849. The Labute approximate surface area is 217 Å². The zero-order valence-electron chi connectivity index (χ0n) is 21.6. The van der Waals surface area contributed by atoms with Crippen LogP contribution in [0.25, 0.3) is 0 Å². The van der Waals surface area contributed by atoms with Gasteiger partial charge in [0.1, 0.15) is 0 Å². The molecular weight excluding hydrogens is 497 g/mol. The highest BCUT2D eigenvalue weighted by Crippen LogP contribution is 2.46. The number of aliphatic hydroxyl groups is 1. The van der Waals surface area contributed by atoms with E-state index in [4.69, 9.17) is 16.3 Å². The first-order valence-electron chi connectivity index (χ1n) is 12.2. The number of nitrogens with zero attached hydrogens (tertiary/aromatic N) is 1. The van der Waals surface area contributed by atoms with Gasteiger partial charge in [-0.1, -0.05) is 51.4 Å². The summed E-state index contributed by atoms with van der Waals surface area (Å²) < 4.78 is 44.8. The molecule has 0 aromatic heterocycles. The van der Waals surface area contributed by atoms with Crippen molar-refractivity contribution in [2.45, 2.75) is 77.3 Å². The van der Waals surface area contributed by atoms with Gasteiger partial charge in [-0.25, -0.2) is 0 Å². The number of halogens is 4. The lowest BCUT2D eigenvalue weighted by Gasteiger charge is -2.51. The number of hydrogen-bond acceptors (Lipinski definition) is 4. The van der Waals surface area contributed by atoms with Crippen LogP contribution < -0.4 is 5.32 Å². The summed E-state index contributed by atoms with van der Waals surface area (Å²) in [7, 11) is 0. The predicted octanol–water partition coefficient (Wildman–Crippen LogP) is 4.24. The Morgan fingerprint density at radius 2 is 1.83 bits per heavy atom. The normalized spacial score (nSPS) is 25.5. The lowest BCUT2D eigenvalue weighted by Crippen LogP contribution is -2.58. The van der Waals surface area contributed by atoms with Crippen molar-refractivity contribution in [3.05, 3.63) is 46.5 Å². The highest BCUT2D eigenvalue weighted by atomic mass is 35.5. The molecule has 6 nitrogen and oxygen atoms in total. The van der Waals surface area contributed by atoms with Crippen molar-refractivity contribution in [1.29, 1.82) is 0 Å². The minimum Gasteiger partial charge on any atom is -0.412 e. The summed E-state index contributed by atoms with van der Waals surface area (Å²) in [5.74, 6) is 0.316. The number of likely N-dealkylation sites (tertiary alicyclic amines) is 1. The Balaban J connectivity index is 0.00000324. The fourth-order valence-corrected chi connectivity index (χ4v) is 5.27. The molecule has 1 saturated heterocycles. The third-order valence-corrected chi connectivity index (χ3v) is 7.69. The lowest BCUT2D eigenvalue weighted by molar-refractivity contribution is -0.127. The second kappa shape index (κ2) is 13.0. The smallest absolute Gasteiger partial charge is 0.412 e. The average Bonchev–Trinajstić information content (AvgIpc) is 2.75. The molecule has 0 bridgehead atoms. The second-order valence-corrected chi connectivity index (χ2v) is 11.2. The van der Waals surface area contributed by atoms with Crippen molar-refractivity contribution < 1.29 is 34.0 Å². The minimum absolute atomic E-state index is 0. The van der Waals surface area contributed by atoms with Crippen LogP contribution in [0.1, 0.15) is 58.9 Å². The van der Waals surface area contributed by atoms with E-state index in [0.717, 1.165) is 25.2 Å². The van der Waals surface area contributed by atoms with Gasteiger partial charge in [-0.2, -0.15) is 13.2 Å². The first-order valence-corrected chi connectivity index (χ1v) is 12.5. The Hall–Kier alpha value is -1.20. The van der Waals surface area contributed by atoms with Gasteiger partial charge in [0.05, 0.1) is 18.4 Å². The van der Waals surface area contributed by atoms with Crippen LogP contribution in [0, 0.1) is 11.3 Å². The van der Waals surface area contributed by atoms with Crippen LogP contribution in [-0.4, -0.2) is 65.6 Å². The summed E-state index contributed by atoms with van der Waals surface area (Å²) >= 11 is 6.04. The number of allylic oxidation sites excluding steroid dienone is 1. The lowest BCUT2D eigenvalue weighted by atomic mass is 9.66. The zero-order valence-corrected chi connectivity index (χ0v) is 22.3. The van der Waals surface area contributed by atoms with Crippen molar-refractivity contribution in [3.63, 3.8) is 0 Å². The fourth-order valence-electron chi connectivity index (χ4n) is 5.15. The number of benzene rings is 1. The van der Waals surface area contributed by atoms with Crippen molar-refractivity contribution in [2.24, 2.45) is 11.3 Å². The molecule has 10 heteroatoms. The molecule has 1 heterocycles. The molecule has 0 saturated carbocycles. The van der Waals surface area contributed by atoms with Gasteiger partial charge in [0.25, 0.3) is 0 Å². The number of nitrogens with one attached hydrogen (secondary N) is 1. The summed E-state index contributed by atoms with van der Waals surface area (Å²) in [6, 6.07) is 7.55. The maximum absolute atomic E-state index is 13.0. The minimum atomic E-state index is -4.27. The van der Waals surface area contributed by atoms with Gasteiger partial charge in [-0.05, 0) is 55.4 Å². The number of hydrogen-bond donors (Lipinski definition) is 2. The quantitative estimate of drug-likeness (QED) is 0.381. The molecule has 0 amide bonds. The molecule has 2 aliphatic rings. The Kier molecular flexibility index (Phi) is 11.9. The molecule has 0 spiro atoms. The van der Waals surface area contributed by atoms with Gasteiger partial charge in [-0.3, -0.25) is 5.32 Å². The first kappa shape index (κ1) is 32.8. The molecule has 1 aromatic rings. The van der Waals surface area contributed by atoms with Crippen molar-refractivity contribution in [2.75, 3.05) is 26.4 Å². The van der Waals surface area contributed by atoms with E-state index in [1.807, 2.05) is 24.3 Å². The van der Waals surface area contributed by atoms with E-state index in [2.05, 4.69) is 37.9 Å². The van der Waals surface area contributed by atoms with Crippen molar-refractivity contribution in [1.82, 2.24) is 10.2 Å². The molecule has 1 fully saturated rings. The van der Waals surface area contributed by atoms with E-state index < -0.39 is 23.5 Å². The summed E-state index contributed by atoms with van der Waals surface area (Å²) in [5, 5.41) is 15.6. The number of rotatable bonds is 8. The average molecular weight is 539 g/mol. The molecule has 0 radical (unpaired) electrons. The number of alkyl halides is 3. The molecular formula is C26H42ClF3N2O4. The summed E-state index contributed by atoms with van der Waals surface area (Å²) in [5.41, 5.74) is -0.917. The Morgan fingerprint density at radius 3 is 2.39 bits per heavy atom. The topological polar surface area (TPSA) is 108 Å². The van der Waals surface area contributed by atoms with Crippen LogP contribution in [0.3, 0.4) is 0 Å². The third-order valence-electron chi connectivity index (χ3n) is 7.44. The van der Waals surface area contributed by atoms with Crippen LogP contribution in [0.4, 0.5) is 13.2 Å². The maximum Gasteiger partial charge on any atom is 0.412 e. The molecule has 3 atom stereocenters. The van der Waals surface area contributed by atoms with Crippen molar-refractivity contribution >= 4 is 11.6 Å². The van der Waals surface area contributed by atoms with Crippen LogP contribution in [-0.2, 0) is 10.3 Å². The Morgan fingerprint density at radius 1 is 1.19 bits per heavy atom. The van der Waals surface area contributed by atoms with Gasteiger partial charge >= 0.3 is 6.18 Å². The first-order chi connectivity index (χ1) is 15.8. The van der Waals surface area contributed by atoms with Crippen molar-refractivity contribution in [3.8, 4) is 0 Å². The molecule has 6 N–H and O–H groups in total. The molecule has 1 aliphatic heterocycles. The SMILES string of the molecule is CC(C)[C@H](CN1CCC(O)(c2ccc(Cl)cc2)C(C)(C)C1)NCOC1C=C(C(F)(F)F)CCC1.O.O.